The summed E-state index contributed by atoms with van der Waals surface area (Å²) in [5.41, 5.74) is 4.16. The number of anilines is 2. The van der Waals surface area contributed by atoms with E-state index in [1.807, 2.05) is 50.2 Å². The highest BCUT2D eigenvalue weighted by atomic mass is 32.2. The van der Waals surface area contributed by atoms with Gasteiger partial charge < -0.3 is 9.64 Å². The average Bonchev–Trinajstić information content (AvgIpc) is 3.23. The van der Waals surface area contributed by atoms with Crippen molar-refractivity contribution in [2.75, 3.05) is 29.2 Å². The topological polar surface area (TPSA) is 86.0 Å². The summed E-state index contributed by atoms with van der Waals surface area (Å²) in [6.45, 7) is 4.07. The largest absolute Gasteiger partial charge is 0.497 e. The fraction of sp³-hybridized carbons (Fsp3) is 0.200. The number of ether oxygens (including phenoxy) is 1. The molecule has 0 spiro atoms. The predicted molar refractivity (Wildman–Crippen MR) is 153 cm³/mol. The third-order valence-electron chi connectivity index (χ3n) is 5.92. The molecule has 0 atom stereocenters. The van der Waals surface area contributed by atoms with Crippen molar-refractivity contribution >= 4 is 46.2 Å². The van der Waals surface area contributed by atoms with Crippen LogP contribution in [0.1, 0.15) is 23.1 Å². The predicted octanol–water partition coefficient (Wildman–Crippen LogP) is 5.87. The first-order valence-electron chi connectivity index (χ1n) is 12.2. The van der Waals surface area contributed by atoms with Gasteiger partial charge in [-0.2, -0.15) is 5.26 Å². The molecule has 0 fully saturated rings. The molecular weight excluding hydrogens is 515 g/mol. The number of aryl methyl sites for hydroxylation is 2. The minimum Gasteiger partial charge on any atom is -0.497 e. The Morgan fingerprint density at radius 2 is 1.77 bits per heavy atom. The number of aliphatic imine (C=N–C) groups is 1. The summed E-state index contributed by atoms with van der Waals surface area (Å²) in [6, 6.07) is 20.7. The highest BCUT2D eigenvalue weighted by Crippen LogP contribution is 2.31. The van der Waals surface area contributed by atoms with E-state index < -0.39 is 5.82 Å². The third kappa shape index (κ3) is 6.72. The minimum atomic E-state index is -0.417. The van der Waals surface area contributed by atoms with Crippen LogP contribution in [0.4, 0.5) is 15.8 Å². The van der Waals surface area contributed by atoms with Gasteiger partial charge in [0.1, 0.15) is 17.3 Å². The van der Waals surface area contributed by atoms with Crippen LogP contribution in [0.15, 0.2) is 77.4 Å². The van der Waals surface area contributed by atoms with Gasteiger partial charge >= 0.3 is 0 Å². The van der Waals surface area contributed by atoms with Crippen molar-refractivity contribution in [2.24, 2.45) is 4.99 Å². The Kier molecular flexibility index (Phi) is 8.79. The number of carbonyl (C=O) groups is 2. The highest BCUT2D eigenvalue weighted by molar-refractivity contribution is 8.14. The van der Waals surface area contributed by atoms with E-state index in [0.717, 1.165) is 28.5 Å². The third-order valence-corrected chi connectivity index (χ3v) is 6.85. The van der Waals surface area contributed by atoms with E-state index in [1.54, 1.807) is 25.3 Å². The maximum Gasteiger partial charge on any atom is 0.283 e. The Bertz CT molecular complexity index is 1460. The molecule has 1 aliphatic rings. The van der Waals surface area contributed by atoms with E-state index in [1.165, 1.54) is 34.1 Å². The van der Waals surface area contributed by atoms with Crippen molar-refractivity contribution in [3.63, 3.8) is 0 Å². The van der Waals surface area contributed by atoms with Crippen molar-refractivity contribution in [1.82, 2.24) is 0 Å². The fourth-order valence-electron chi connectivity index (χ4n) is 4.14. The maximum absolute atomic E-state index is 13.6. The molecule has 0 aromatic heterocycles. The summed E-state index contributed by atoms with van der Waals surface area (Å²) >= 11 is 1.14. The summed E-state index contributed by atoms with van der Waals surface area (Å²) in [4.78, 5) is 34.4. The summed E-state index contributed by atoms with van der Waals surface area (Å²) < 4.78 is 18.7. The second-order valence-corrected chi connectivity index (χ2v) is 9.84. The molecule has 0 bridgehead atoms. The molecule has 1 aliphatic heterocycles. The van der Waals surface area contributed by atoms with Crippen molar-refractivity contribution in [2.45, 2.75) is 20.3 Å². The van der Waals surface area contributed by atoms with Crippen LogP contribution in [0.5, 0.6) is 5.75 Å². The van der Waals surface area contributed by atoms with Crippen LogP contribution < -0.4 is 14.5 Å². The first-order chi connectivity index (χ1) is 18.8. The van der Waals surface area contributed by atoms with Gasteiger partial charge in [0.2, 0.25) is 5.91 Å². The molecule has 0 saturated heterocycles. The zero-order valence-electron chi connectivity index (χ0n) is 21.8. The van der Waals surface area contributed by atoms with Crippen LogP contribution in [0.2, 0.25) is 0 Å². The number of amides is 2. The Hall–Kier alpha value is -4.42. The number of amidine groups is 1. The van der Waals surface area contributed by atoms with Crippen LogP contribution in [0, 0.1) is 31.0 Å². The van der Waals surface area contributed by atoms with Gasteiger partial charge in [-0.3, -0.25) is 14.5 Å². The van der Waals surface area contributed by atoms with Gasteiger partial charge in [0, 0.05) is 12.2 Å². The first kappa shape index (κ1) is 27.6. The average molecular weight is 543 g/mol. The highest BCUT2D eigenvalue weighted by Gasteiger charge is 2.33. The van der Waals surface area contributed by atoms with Gasteiger partial charge in [-0.05, 0) is 85.1 Å². The maximum atomic E-state index is 13.6. The molecule has 39 heavy (non-hydrogen) atoms. The van der Waals surface area contributed by atoms with E-state index in [-0.39, 0.29) is 36.2 Å². The van der Waals surface area contributed by atoms with Gasteiger partial charge in [-0.25, -0.2) is 9.38 Å². The van der Waals surface area contributed by atoms with E-state index >= 15 is 0 Å². The zero-order chi connectivity index (χ0) is 27.9. The Morgan fingerprint density at radius 3 is 2.38 bits per heavy atom. The smallest absolute Gasteiger partial charge is 0.283 e. The second kappa shape index (κ2) is 12.4. The summed E-state index contributed by atoms with van der Waals surface area (Å²) in [5, 5.41) is 9.45. The quantitative estimate of drug-likeness (QED) is 0.332. The lowest BCUT2D eigenvalue weighted by molar-refractivity contribution is -0.116. The van der Waals surface area contributed by atoms with E-state index in [0.29, 0.717) is 22.3 Å². The SMILES string of the molecule is COc1ccc(/C=C2\N=C(SCC(=O)N(CCC#N)c3ccc(F)cc3)N(c3cc(C)cc(C)c3)C2=O)cc1. The number of carbonyl (C=O) groups excluding carboxylic acids is 2. The lowest BCUT2D eigenvalue weighted by Crippen LogP contribution is -2.35. The number of nitrogens with zero attached hydrogens (tertiary/aromatic N) is 4. The zero-order valence-corrected chi connectivity index (χ0v) is 22.7. The molecule has 0 unspecified atom stereocenters. The number of hydrogen-bond donors (Lipinski definition) is 0. The molecule has 0 saturated carbocycles. The fourth-order valence-corrected chi connectivity index (χ4v) is 5.03. The number of thioether (sulfide) groups is 1. The molecule has 3 aromatic rings. The lowest BCUT2D eigenvalue weighted by atomic mass is 10.1. The molecule has 3 aromatic carbocycles. The number of halogens is 1. The Morgan fingerprint density at radius 1 is 1.10 bits per heavy atom. The molecular formula is C30H27FN4O3S. The lowest BCUT2D eigenvalue weighted by Gasteiger charge is -2.23. The molecule has 9 heteroatoms. The molecule has 4 rings (SSSR count). The van der Waals surface area contributed by atoms with Crippen LogP contribution >= 0.6 is 11.8 Å². The van der Waals surface area contributed by atoms with E-state index in [9.17, 15) is 14.0 Å². The number of rotatable bonds is 8. The van der Waals surface area contributed by atoms with E-state index in [2.05, 4.69) is 4.99 Å². The Labute approximate surface area is 231 Å². The van der Waals surface area contributed by atoms with Gasteiger partial charge in [-0.1, -0.05) is 30.0 Å². The molecule has 0 radical (unpaired) electrons. The van der Waals surface area contributed by atoms with Crippen molar-refractivity contribution in [3.05, 3.63) is 94.9 Å². The monoisotopic (exact) mass is 542 g/mol. The molecule has 7 nitrogen and oxygen atoms in total. The van der Waals surface area contributed by atoms with Crippen LogP contribution in [-0.2, 0) is 9.59 Å². The second-order valence-electron chi connectivity index (χ2n) is 8.90. The Balaban J connectivity index is 1.63. The normalized spacial score (nSPS) is 13.8. The standard InChI is InChI=1S/C30H27FN4O3S/c1-20-15-21(2)17-25(16-20)35-29(37)27(18-22-5-11-26(38-3)12-6-22)33-30(35)39-19-28(36)34(14-4-13-32)24-9-7-23(31)8-10-24/h5-12,15-18H,4,14,19H2,1-3H3/b27-18-. The van der Waals surface area contributed by atoms with E-state index in [4.69, 9.17) is 10.00 Å². The number of benzene rings is 3. The van der Waals surface area contributed by atoms with Crippen molar-refractivity contribution in [1.29, 1.82) is 5.26 Å². The molecule has 2 amide bonds. The molecule has 1 heterocycles. The van der Waals surface area contributed by atoms with Crippen LogP contribution in [0.3, 0.4) is 0 Å². The summed E-state index contributed by atoms with van der Waals surface area (Å²) in [5.74, 6) is -0.339. The van der Waals surface area contributed by atoms with Gasteiger partial charge in [0.15, 0.2) is 5.17 Å². The van der Waals surface area contributed by atoms with Gasteiger partial charge in [0.25, 0.3) is 5.91 Å². The summed E-state index contributed by atoms with van der Waals surface area (Å²) in [6.07, 6.45) is 1.82. The number of nitriles is 1. The molecule has 0 aliphatic carbocycles. The first-order valence-corrected chi connectivity index (χ1v) is 13.2. The van der Waals surface area contributed by atoms with Gasteiger partial charge in [-0.15, -0.1) is 0 Å². The van der Waals surface area contributed by atoms with Crippen LogP contribution in [0.25, 0.3) is 6.08 Å². The van der Waals surface area contributed by atoms with Crippen molar-refractivity contribution in [3.8, 4) is 11.8 Å². The van der Waals surface area contributed by atoms with Crippen LogP contribution in [-0.4, -0.2) is 36.4 Å². The molecule has 198 valence electrons. The number of hydrogen-bond acceptors (Lipinski definition) is 6. The van der Waals surface area contributed by atoms with Gasteiger partial charge in [0.05, 0.1) is 31.0 Å². The van der Waals surface area contributed by atoms with Crippen molar-refractivity contribution < 1.29 is 18.7 Å². The minimum absolute atomic E-state index is 0.0357. The number of methoxy groups -OCH3 is 1. The summed E-state index contributed by atoms with van der Waals surface area (Å²) in [7, 11) is 1.59. The molecule has 0 N–H and O–H groups in total.